The highest BCUT2D eigenvalue weighted by atomic mass is 16.5. The summed E-state index contributed by atoms with van der Waals surface area (Å²) in [7, 11) is 1.32. The lowest BCUT2D eigenvalue weighted by molar-refractivity contribution is -0.146. The molecule has 1 aromatic carbocycles. The van der Waals surface area contributed by atoms with Crippen LogP contribution in [-0.4, -0.2) is 31.6 Å². The lowest BCUT2D eigenvalue weighted by atomic mass is 9.99. The number of nitrogens with one attached hydrogen (secondary N) is 1. The Morgan fingerprint density at radius 2 is 1.88 bits per heavy atom. The highest BCUT2D eigenvalue weighted by molar-refractivity contribution is 5.85. The second-order valence-corrected chi connectivity index (χ2v) is 6.44. The minimum atomic E-state index is -0.654. The van der Waals surface area contributed by atoms with Gasteiger partial charge in [-0.1, -0.05) is 46.2 Å². The molecule has 134 valence electrons. The molecule has 24 heavy (non-hydrogen) atoms. The highest BCUT2D eigenvalue weighted by Gasteiger charge is 2.26. The number of esters is 1. The molecule has 0 heterocycles. The van der Waals surface area contributed by atoms with Crippen LogP contribution in [0.15, 0.2) is 18.2 Å². The van der Waals surface area contributed by atoms with Crippen LogP contribution < -0.4 is 10.1 Å². The topological polar surface area (TPSA) is 64.6 Å². The summed E-state index contributed by atoms with van der Waals surface area (Å²) in [5.41, 5.74) is 2.13. The number of carbonyl (C=O) groups is 2. The van der Waals surface area contributed by atoms with E-state index in [1.54, 1.807) is 0 Å². The Labute approximate surface area is 144 Å². The molecule has 1 N–H and O–H groups in total. The molecular weight excluding hydrogens is 306 g/mol. The zero-order valence-corrected chi connectivity index (χ0v) is 15.5. The highest BCUT2D eigenvalue weighted by Crippen LogP contribution is 2.27. The lowest BCUT2D eigenvalue weighted by Crippen LogP contribution is -2.47. The molecule has 0 aromatic heterocycles. The minimum absolute atomic E-state index is 0.00778. The first-order valence-corrected chi connectivity index (χ1v) is 8.40. The van der Waals surface area contributed by atoms with Gasteiger partial charge in [-0.2, -0.15) is 0 Å². The van der Waals surface area contributed by atoms with Gasteiger partial charge in [0.2, 0.25) is 0 Å². The van der Waals surface area contributed by atoms with Crippen molar-refractivity contribution in [2.75, 3.05) is 13.7 Å². The first-order chi connectivity index (χ1) is 11.3. The molecule has 5 heteroatoms. The van der Waals surface area contributed by atoms with Crippen LogP contribution in [0, 0.1) is 12.8 Å². The van der Waals surface area contributed by atoms with Crippen LogP contribution in [0.5, 0.6) is 5.75 Å². The molecule has 1 aromatic rings. The van der Waals surface area contributed by atoms with E-state index in [1.165, 1.54) is 7.11 Å². The number of aryl methyl sites for hydroxylation is 1. The van der Waals surface area contributed by atoms with Crippen LogP contribution >= 0.6 is 0 Å². The van der Waals surface area contributed by atoms with Crippen LogP contribution in [0.3, 0.4) is 0 Å². The van der Waals surface area contributed by atoms with Gasteiger partial charge in [0.1, 0.15) is 11.8 Å². The molecule has 0 aliphatic carbocycles. The van der Waals surface area contributed by atoms with Gasteiger partial charge in [-0.05, 0) is 36.0 Å². The second-order valence-electron chi connectivity index (χ2n) is 6.44. The van der Waals surface area contributed by atoms with Crippen molar-refractivity contribution in [2.45, 2.75) is 53.0 Å². The average molecular weight is 335 g/mol. The Morgan fingerprint density at radius 3 is 2.42 bits per heavy atom. The van der Waals surface area contributed by atoms with E-state index in [-0.39, 0.29) is 18.4 Å². The quantitative estimate of drug-likeness (QED) is 0.741. The van der Waals surface area contributed by atoms with Crippen molar-refractivity contribution in [3.63, 3.8) is 0 Å². The predicted octanol–water partition coefficient (Wildman–Crippen LogP) is 3.20. The van der Waals surface area contributed by atoms with Crippen LogP contribution in [-0.2, 0) is 14.3 Å². The van der Waals surface area contributed by atoms with Crippen molar-refractivity contribution in [2.24, 2.45) is 5.92 Å². The molecule has 0 radical (unpaired) electrons. The molecule has 0 aliphatic rings. The maximum atomic E-state index is 12.2. The molecule has 0 unspecified atom stereocenters. The maximum Gasteiger partial charge on any atom is 0.328 e. The number of methoxy groups -OCH3 is 1. The summed E-state index contributed by atoms with van der Waals surface area (Å²) in [5, 5.41) is 2.71. The third-order valence-corrected chi connectivity index (χ3v) is 4.13. The number of rotatable bonds is 8. The molecule has 2 atom stereocenters. The molecule has 0 spiro atoms. The van der Waals surface area contributed by atoms with Gasteiger partial charge in [-0.25, -0.2) is 4.79 Å². The van der Waals surface area contributed by atoms with E-state index in [0.717, 1.165) is 17.5 Å². The van der Waals surface area contributed by atoms with E-state index in [0.29, 0.717) is 11.7 Å². The summed E-state index contributed by atoms with van der Waals surface area (Å²) in [5.74, 6) is 0.231. The molecule has 0 fully saturated rings. The lowest BCUT2D eigenvalue weighted by Gasteiger charge is -2.22. The van der Waals surface area contributed by atoms with Crippen molar-refractivity contribution >= 4 is 11.9 Å². The fourth-order valence-corrected chi connectivity index (χ4v) is 2.40. The van der Waals surface area contributed by atoms with E-state index in [1.807, 2.05) is 39.0 Å². The number of hydrogen-bond acceptors (Lipinski definition) is 4. The Kier molecular flexibility index (Phi) is 7.75. The normalized spacial score (nSPS) is 13.3. The molecule has 0 aliphatic heterocycles. The monoisotopic (exact) mass is 335 g/mol. The summed E-state index contributed by atoms with van der Waals surface area (Å²) >= 11 is 0. The van der Waals surface area contributed by atoms with Gasteiger partial charge in [-0.3, -0.25) is 4.79 Å². The van der Waals surface area contributed by atoms with Crippen molar-refractivity contribution in [1.29, 1.82) is 0 Å². The molecule has 0 bridgehead atoms. The van der Waals surface area contributed by atoms with Crippen LogP contribution in [0.4, 0.5) is 0 Å². The summed E-state index contributed by atoms with van der Waals surface area (Å²) in [6, 6.07) is 5.31. The fourth-order valence-electron chi connectivity index (χ4n) is 2.40. The van der Waals surface area contributed by atoms with Gasteiger partial charge >= 0.3 is 5.97 Å². The number of ether oxygens (including phenoxy) is 2. The molecule has 0 saturated heterocycles. The van der Waals surface area contributed by atoms with Gasteiger partial charge in [0, 0.05) is 0 Å². The standard InChI is InChI=1S/C19H29NO4/c1-7-14(5)18(19(22)23-6)20-17(21)11-24-16-10-13(4)8-9-15(16)12(2)3/h8-10,12,14,18H,7,11H2,1-6H3,(H,20,21)/t14-,18-/m0/s1. The minimum Gasteiger partial charge on any atom is -0.483 e. The maximum absolute atomic E-state index is 12.2. The van der Waals surface area contributed by atoms with Crippen molar-refractivity contribution in [3.05, 3.63) is 29.3 Å². The summed E-state index contributed by atoms with van der Waals surface area (Å²) in [6.07, 6.45) is 0.760. The fraction of sp³-hybridized carbons (Fsp3) is 0.579. The zero-order chi connectivity index (χ0) is 18.3. The van der Waals surface area contributed by atoms with Gasteiger partial charge in [0.15, 0.2) is 6.61 Å². The van der Waals surface area contributed by atoms with E-state index in [9.17, 15) is 9.59 Å². The van der Waals surface area contributed by atoms with Gasteiger partial charge in [-0.15, -0.1) is 0 Å². The van der Waals surface area contributed by atoms with Crippen LogP contribution in [0.1, 0.15) is 51.2 Å². The van der Waals surface area contributed by atoms with E-state index < -0.39 is 12.0 Å². The first-order valence-electron chi connectivity index (χ1n) is 8.40. The van der Waals surface area contributed by atoms with E-state index in [2.05, 4.69) is 19.2 Å². The summed E-state index contributed by atoms with van der Waals surface area (Å²) in [6.45, 7) is 9.87. The number of carbonyl (C=O) groups excluding carboxylic acids is 2. The van der Waals surface area contributed by atoms with Crippen molar-refractivity contribution < 1.29 is 19.1 Å². The van der Waals surface area contributed by atoms with Crippen LogP contribution in [0.2, 0.25) is 0 Å². The molecule has 0 saturated carbocycles. The van der Waals surface area contributed by atoms with Gasteiger partial charge in [0.25, 0.3) is 5.91 Å². The Bertz CT molecular complexity index is 568. The third-order valence-electron chi connectivity index (χ3n) is 4.13. The molecule has 5 nitrogen and oxygen atoms in total. The second kappa shape index (κ2) is 9.30. The van der Waals surface area contributed by atoms with Crippen molar-refractivity contribution in [3.8, 4) is 5.75 Å². The summed E-state index contributed by atoms with van der Waals surface area (Å²) in [4.78, 5) is 24.0. The Morgan fingerprint density at radius 1 is 1.21 bits per heavy atom. The third kappa shape index (κ3) is 5.55. The molecule has 1 amide bonds. The number of benzene rings is 1. The first kappa shape index (κ1) is 20.0. The van der Waals surface area contributed by atoms with Gasteiger partial charge in [0.05, 0.1) is 7.11 Å². The van der Waals surface area contributed by atoms with Crippen molar-refractivity contribution in [1.82, 2.24) is 5.32 Å². The average Bonchev–Trinajstić information content (AvgIpc) is 2.56. The largest absolute Gasteiger partial charge is 0.483 e. The van der Waals surface area contributed by atoms with Gasteiger partial charge < -0.3 is 14.8 Å². The van der Waals surface area contributed by atoms with Crippen LogP contribution in [0.25, 0.3) is 0 Å². The Balaban J connectivity index is 2.75. The molecule has 1 rings (SSSR count). The smallest absolute Gasteiger partial charge is 0.328 e. The predicted molar refractivity (Wildman–Crippen MR) is 94.2 cm³/mol. The number of hydrogen-bond donors (Lipinski definition) is 1. The number of amides is 1. The summed E-state index contributed by atoms with van der Waals surface area (Å²) < 4.78 is 10.5. The van der Waals surface area contributed by atoms with E-state index in [4.69, 9.17) is 9.47 Å². The van der Waals surface area contributed by atoms with E-state index >= 15 is 0 Å². The zero-order valence-electron chi connectivity index (χ0n) is 15.5. The SMILES string of the molecule is CC[C@H](C)[C@H](NC(=O)COc1cc(C)ccc1C(C)C)C(=O)OC. The Hall–Kier alpha value is -2.04. The molecular formula is C19H29NO4.